The first-order valence-electron chi connectivity index (χ1n) is 8.97. The monoisotopic (exact) mass is 420 g/mol. The van der Waals surface area contributed by atoms with E-state index in [0.29, 0.717) is 28.0 Å². The van der Waals surface area contributed by atoms with E-state index in [-0.39, 0.29) is 24.1 Å². The number of aromatic amines is 1. The summed E-state index contributed by atoms with van der Waals surface area (Å²) in [6.07, 6.45) is -4.24. The number of fused-ring (bicyclic) bond motifs is 1. The van der Waals surface area contributed by atoms with Gasteiger partial charge in [0.25, 0.3) is 11.5 Å². The number of amides is 1. The van der Waals surface area contributed by atoms with Crippen molar-refractivity contribution in [3.8, 4) is 11.5 Å². The fraction of sp³-hybridized carbons (Fsp3) is 0.238. The van der Waals surface area contributed by atoms with Crippen molar-refractivity contribution in [1.82, 2.24) is 10.3 Å². The fourth-order valence-corrected chi connectivity index (χ4v) is 3.04. The van der Waals surface area contributed by atoms with Crippen molar-refractivity contribution in [1.29, 1.82) is 0 Å². The van der Waals surface area contributed by atoms with Gasteiger partial charge in [0.05, 0.1) is 25.3 Å². The molecule has 0 atom stereocenters. The SMILES string of the molecule is COc1ccc(OC)c2[nH]c(=O)c(CCNC(=O)c3ccc(C(F)(F)F)cc3)cc12. The Balaban J connectivity index is 1.73. The Morgan fingerprint density at radius 2 is 1.67 bits per heavy atom. The minimum Gasteiger partial charge on any atom is -0.496 e. The molecule has 1 heterocycles. The van der Waals surface area contributed by atoms with E-state index < -0.39 is 17.6 Å². The van der Waals surface area contributed by atoms with Gasteiger partial charge in [0.1, 0.15) is 11.5 Å². The number of halogens is 3. The minimum absolute atomic E-state index is 0.0989. The molecule has 30 heavy (non-hydrogen) atoms. The molecule has 3 aromatic rings. The number of pyridine rings is 1. The summed E-state index contributed by atoms with van der Waals surface area (Å²) in [5.41, 5.74) is -0.146. The van der Waals surface area contributed by atoms with Gasteiger partial charge in [0.2, 0.25) is 0 Å². The number of ether oxygens (including phenoxy) is 2. The summed E-state index contributed by atoms with van der Waals surface area (Å²) in [5.74, 6) is 0.516. The summed E-state index contributed by atoms with van der Waals surface area (Å²) in [4.78, 5) is 27.3. The molecular weight excluding hydrogens is 401 g/mol. The maximum absolute atomic E-state index is 12.6. The zero-order chi connectivity index (χ0) is 21.9. The molecule has 158 valence electrons. The van der Waals surface area contributed by atoms with Gasteiger partial charge in [0, 0.05) is 23.1 Å². The molecule has 0 spiro atoms. The Morgan fingerprint density at radius 1 is 1.03 bits per heavy atom. The number of alkyl halides is 3. The maximum Gasteiger partial charge on any atom is 0.416 e. The molecule has 0 aliphatic rings. The largest absolute Gasteiger partial charge is 0.496 e. The van der Waals surface area contributed by atoms with Crippen LogP contribution in [0.5, 0.6) is 11.5 Å². The van der Waals surface area contributed by atoms with Gasteiger partial charge in [-0.1, -0.05) is 0 Å². The molecule has 0 saturated carbocycles. The number of nitrogens with one attached hydrogen (secondary N) is 2. The lowest BCUT2D eigenvalue weighted by molar-refractivity contribution is -0.137. The predicted octanol–water partition coefficient (Wildman–Crippen LogP) is 3.54. The van der Waals surface area contributed by atoms with Crippen molar-refractivity contribution in [2.75, 3.05) is 20.8 Å². The lowest BCUT2D eigenvalue weighted by atomic mass is 10.1. The molecule has 3 rings (SSSR count). The topological polar surface area (TPSA) is 80.4 Å². The molecule has 6 nitrogen and oxygen atoms in total. The van der Waals surface area contributed by atoms with Gasteiger partial charge in [-0.2, -0.15) is 13.2 Å². The number of methoxy groups -OCH3 is 2. The fourth-order valence-electron chi connectivity index (χ4n) is 3.04. The van der Waals surface area contributed by atoms with E-state index in [0.717, 1.165) is 24.3 Å². The van der Waals surface area contributed by atoms with Crippen LogP contribution in [0.25, 0.3) is 10.9 Å². The number of benzene rings is 2. The predicted molar refractivity (Wildman–Crippen MR) is 105 cm³/mol. The van der Waals surface area contributed by atoms with Crippen LogP contribution in [0.2, 0.25) is 0 Å². The summed E-state index contributed by atoms with van der Waals surface area (Å²) in [5, 5.41) is 3.26. The van der Waals surface area contributed by atoms with Crippen LogP contribution in [0.3, 0.4) is 0 Å². The van der Waals surface area contributed by atoms with E-state index in [1.165, 1.54) is 14.2 Å². The number of rotatable bonds is 6. The Morgan fingerprint density at radius 3 is 2.27 bits per heavy atom. The third-order valence-electron chi connectivity index (χ3n) is 4.61. The summed E-state index contributed by atoms with van der Waals surface area (Å²) in [6.45, 7) is 0.126. The molecule has 2 aromatic carbocycles. The highest BCUT2D eigenvalue weighted by Crippen LogP contribution is 2.31. The minimum atomic E-state index is -4.46. The van der Waals surface area contributed by atoms with Crippen LogP contribution in [0.1, 0.15) is 21.5 Å². The molecule has 0 saturated heterocycles. The van der Waals surface area contributed by atoms with Crippen molar-refractivity contribution >= 4 is 16.8 Å². The van der Waals surface area contributed by atoms with Crippen molar-refractivity contribution in [3.63, 3.8) is 0 Å². The molecule has 0 aliphatic carbocycles. The van der Waals surface area contributed by atoms with Gasteiger partial charge in [0.15, 0.2) is 0 Å². The van der Waals surface area contributed by atoms with Crippen molar-refractivity contribution in [2.24, 2.45) is 0 Å². The lowest BCUT2D eigenvalue weighted by Gasteiger charge is -2.11. The van der Waals surface area contributed by atoms with Gasteiger partial charge < -0.3 is 19.8 Å². The van der Waals surface area contributed by atoms with Crippen LogP contribution in [-0.2, 0) is 12.6 Å². The first-order chi connectivity index (χ1) is 14.2. The van der Waals surface area contributed by atoms with E-state index in [9.17, 15) is 22.8 Å². The van der Waals surface area contributed by atoms with Crippen LogP contribution in [-0.4, -0.2) is 31.7 Å². The zero-order valence-corrected chi connectivity index (χ0v) is 16.2. The number of hydrogen-bond acceptors (Lipinski definition) is 4. The second kappa shape index (κ2) is 8.48. The number of hydrogen-bond donors (Lipinski definition) is 2. The highest BCUT2D eigenvalue weighted by Gasteiger charge is 2.30. The van der Waals surface area contributed by atoms with Gasteiger partial charge in [-0.25, -0.2) is 0 Å². The number of aromatic nitrogens is 1. The molecule has 0 bridgehead atoms. The highest BCUT2D eigenvalue weighted by atomic mass is 19.4. The quantitative estimate of drug-likeness (QED) is 0.639. The van der Waals surface area contributed by atoms with E-state index in [2.05, 4.69) is 10.3 Å². The molecule has 1 aromatic heterocycles. The van der Waals surface area contributed by atoms with Crippen LogP contribution < -0.4 is 20.3 Å². The van der Waals surface area contributed by atoms with Crippen molar-refractivity contribution in [3.05, 3.63) is 69.5 Å². The number of H-pyrrole nitrogens is 1. The van der Waals surface area contributed by atoms with Crippen molar-refractivity contribution < 1.29 is 27.4 Å². The van der Waals surface area contributed by atoms with E-state index >= 15 is 0 Å². The smallest absolute Gasteiger partial charge is 0.416 e. The van der Waals surface area contributed by atoms with Crippen LogP contribution in [0.4, 0.5) is 13.2 Å². The average Bonchev–Trinajstić information content (AvgIpc) is 2.72. The van der Waals surface area contributed by atoms with E-state index in [4.69, 9.17) is 9.47 Å². The van der Waals surface area contributed by atoms with E-state index in [1.807, 2.05) is 0 Å². The second-order valence-corrected chi connectivity index (χ2v) is 6.46. The number of carbonyl (C=O) groups excluding carboxylic acids is 1. The second-order valence-electron chi connectivity index (χ2n) is 6.46. The molecule has 0 unspecified atom stereocenters. The normalized spacial score (nSPS) is 11.4. The summed E-state index contributed by atoms with van der Waals surface area (Å²) >= 11 is 0. The van der Waals surface area contributed by atoms with Gasteiger partial charge in [-0.05, 0) is 48.9 Å². The Kier molecular flexibility index (Phi) is 6.00. The summed E-state index contributed by atoms with van der Waals surface area (Å²) < 4.78 is 48.4. The standard InChI is InChI=1S/C21H19F3N2O4/c1-29-16-7-8-17(30-2)18-15(16)11-13(20(28)26-18)9-10-25-19(27)12-3-5-14(6-4-12)21(22,23)24/h3-8,11H,9-10H2,1-2H3,(H,25,27)(H,26,28). The molecule has 1 amide bonds. The third kappa shape index (κ3) is 4.40. The molecule has 9 heteroatoms. The molecule has 0 fully saturated rings. The van der Waals surface area contributed by atoms with Gasteiger partial charge >= 0.3 is 6.18 Å². The molecule has 0 radical (unpaired) electrons. The Hall–Kier alpha value is -3.49. The van der Waals surface area contributed by atoms with Crippen LogP contribution >= 0.6 is 0 Å². The lowest BCUT2D eigenvalue weighted by Crippen LogP contribution is -2.27. The average molecular weight is 420 g/mol. The molecular formula is C21H19F3N2O4. The zero-order valence-electron chi connectivity index (χ0n) is 16.2. The number of carbonyl (C=O) groups is 1. The van der Waals surface area contributed by atoms with Crippen LogP contribution in [0.15, 0.2) is 47.3 Å². The van der Waals surface area contributed by atoms with Crippen molar-refractivity contribution in [2.45, 2.75) is 12.6 Å². The summed E-state index contributed by atoms with van der Waals surface area (Å²) in [7, 11) is 3.00. The highest BCUT2D eigenvalue weighted by molar-refractivity contribution is 5.94. The molecule has 2 N–H and O–H groups in total. The maximum atomic E-state index is 12.6. The molecule has 0 aliphatic heterocycles. The Bertz CT molecular complexity index is 1120. The first kappa shape index (κ1) is 21.2. The van der Waals surface area contributed by atoms with E-state index in [1.54, 1.807) is 18.2 Å². The van der Waals surface area contributed by atoms with Gasteiger partial charge in [-0.3, -0.25) is 9.59 Å². The first-order valence-corrected chi connectivity index (χ1v) is 8.97. The Labute approximate surface area is 169 Å². The third-order valence-corrected chi connectivity index (χ3v) is 4.61. The van der Waals surface area contributed by atoms with Crippen LogP contribution in [0, 0.1) is 0 Å². The van der Waals surface area contributed by atoms with Gasteiger partial charge in [-0.15, -0.1) is 0 Å². The summed E-state index contributed by atoms with van der Waals surface area (Å²) in [6, 6.07) is 8.98.